The van der Waals surface area contributed by atoms with Crippen molar-refractivity contribution in [1.29, 1.82) is 0 Å². The first-order valence-electron chi connectivity index (χ1n) is 11.7. The molecule has 1 aliphatic heterocycles. The summed E-state index contributed by atoms with van der Waals surface area (Å²) in [6.45, 7) is 12.4. The molecule has 0 bridgehead atoms. The summed E-state index contributed by atoms with van der Waals surface area (Å²) < 4.78 is 0. The van der Waals surface area contributed by atoms with E-state index < -0.39 is 0 Å². The first kappa shape index (κ1) is 24.6. The molecule has 33 heavy (non-hydrogen) atoms. The Balaban J connectivity index is 0.000000189. The molecule has 3 N–H and O–H groups in total. The molecule has 2 heterocycles. The van der Waals surface area contributed by atoms with E-state index >= 15 is 0 Å². The summed E-state index contributed by atoms with van der Waals surface area (Å²) in [5.74, 6) is 0.457. The van der Waals surface area contributed by atoms with Gasteiger partial charge in [-0.3, -0.25) is 9.69 Å². The summed E-state index contributed by atoms with van der Waals surface area (Å²) in [6.07, 6.45) is 4.10. The van der Waals surface area contributed by atoms with E-state index in [0.717, 1.165) is 36.2 Å². The fourth-order valence-electron chi connectivity index (χ4n) is 3.75. The number of nitrogens with two attached hydrogens (primary N) is 1. The van der Waals surface area contributed by atoms with Crippen molar-refractivity contribution in [3.05, 3.63) is 94.2 Å². The van der Waals surface area contributed by atoms with Gasteiger partial charge < -0.3 is 11.1 Å². The third-order valence-corrected chi connectivity index (χ3v) is 6.25. The lowest BCUT2D eigenvalue weighted by Gasteiger charge is -2.44. The average Bonchev–Trinajstić information content (AvgIpc) is 2.76. The maximum Gasteiger partial charge on any atom is 0.257 e. The van der Waals surface area contributed by atoms with Crippen molar-refractivity contribution in [3.63, 3.8) is 0 Å². The molecule has 1 aromatic heterocycles. The molecule has 4 rings (SSSR count). The molecular weight excluding hydrogens is 408 g/mol. The highest BCUT2D eigenvalue weighted by Gasteiger charge is 2.32. The number of hydrogen-bond donors (Lipinski definition) is 2. The number of likely N-dealkylation sites (tertiary alicyclic amines) is 1. The molecule has 0 aliphatic carbocycles. The molecule has 5 heteroatoms. The van der Waals surface area contributed by atoms with Crippen LogP contribution < -0.4 is 11.1 Å². The Morgan fingerprint density at radius 1 is 1.03 bits per heavy atom. The molecule has 1 saturated heterocycles. The van der Waals surface area contributed by atoms with E-state index in [4.69, 9.17) is 5.73 Å². The van der Waals surface area contributed by atoms with Gasteiger partial charge in [-0.1, -0.05) is 55.0 Å². The van der Waals surface area contributed by atoms with Crippen molar-refractivity contribution in [3.8, 4) is 0 Å². The summed E-state index contributed by atoms with van der Waals surface area (Å²) in [6, 6.07) is 18.3. The van der Waals surface area contributed by atoms with E-state index in [2.05, 4.69) is 53.3 Å². The molecule has 2 aromatic carbocycles. The lowest BCUT2D eigenvalue weighted by atomic mass is 9.95. The number of carbonyl (C=O) groups is 1. The molecular formula is C28H36N4O. The minimum absolute atomic E-state index is 0.118. The van der Waals surface area contributed by atoms with Gasteiger partial charge in [-0.25, -0.2) is 4.98 Å². The fraction of sp³-hybridized carbons (Fsp3) is 0.357. The van der Waals surface area contributed by atoms with Gasteiger partial charge in [0.15, 0.2) is 0 Å². The van der Waals surface area contributed by atoms with Crippen LogP contribution in [-0.4, -0.2) is 28.9 Å². The van der Waals surface area contributed by atoms with E-state index in [1.807, 2.05) is 45.0 Å². The predicted octanol–water partition coefficient (Wildman–Crippen LogP) is 5.35. The number of carbonyl (C=O) groups excluding carboxylic acids is 1. The second kappa shape index (κ2) is 10.7. The first-order chi connectivity index (χ1) is 15.7. The van der Waals surface area contributed by atoms with Crippen molar-refractivity contribution in [2.24, 2.45) is 5.73 Å². The molecule has 0 spiro atoms. The predicted molar refractivity (Wildman–Crippen MR) is 136 cm³/mol. The number of hydrogen-bond acceptors (Lipinski definition) is 4. The zero-order valence-electron chi connectivity index (χ0n) is 20.5. The van der Waals surface area contributed by atoms with Crippen LogP contribution in [0.1, 0.15) is 58.4 Å². The van der Waals surface area contributed by atoms with Gasteiger partial charge in [-0.05, 0) is 74.9 Å². The highest BCUT2D eigenvalue weighted by Crippen LogP contribution is 2.27. The summed E-state index contributed by atoms with van der Waals surface area (Å²) in [5, 5.41) is 2.80. The SMILES string of the molecule is CCc1ccc(C(C)(N)N2CCC2)cc1.Cc1ccc(NC(=O)c2cc(C)ccc2C)nc1. The quantitative estimate of drug-likeness (QED) is 0.557. The molecule has 1 amide bonds. The number of nitrogens with zero attached hydrogens (tertiary/aromatic N) is 2. The Hall–Kier alpha value is -3.02. The van der Waals surface area contributed by atoms with Gasteiger partial charge in [-0.15, -0.1) is 0 Å². The Labute approximate surface area is 198 Å². The number of amides is 1. The summed E-state index contributed by atoms with van der Waals surface area (Å²) in [7, 11) is 0. The number of benzene rings is 2. The minimum Gasteiger partial charge on any atom is -0.310 e. The molecule has 1 unspecified atom stereocenters. The largest absolute Gasteiger partial charge is 0.310 e. The van der Waals surface area contributed by atoms with Gasteiger partial charge in [0.05, 0.1) is 5.66 Å². The standard InChI is InChI=1S/C15H16N2O.C13H20N2/c1-10-4-6-12(3)13(8-10)15(18)17-14-7-5-11(2)9-16-14;1-3-11-5-7-12(8-6-11)13(2,14)15-9-4-10-15/h4-9H,1-3H3,(H,16,17,18);5-8H,3-4,9-10,14H2,1-2H3. The Kier molecular flexibility index (Phi) is 8.01. The van der Waals surface area contributed by atoms with Crippen LogP contribution in [0.25, 0.3) is 0 Å². The van der Waals surface area contributed by atoms with E-state index in [-0.39, 0.29) is 11.6 Å². The fourth-order valence-corrected chi connectivity index (χ4v) is 3.75. The number of pyridine rings is 1. The second-order valence-corrected chi connectivity index (χ2v) is 9.03. The van der Waals surface area contributed by atoms with Gasteiger partial charge in [0.2, 0.25) is 0 Å². The smallest absolute Gasteiger partial charge is 0.257 e. The molecule has 5 nitrogen and oxygen atoms in total. The van der Waals surface area contributed by atoms with E-state index in [9.17, 15) is 4.79 Å². The van der Waals surface area contributed by atoms with Gasteiger partial charge in [0.25, 0.3) is 5.91 Å². The Morgan fingerprint density at radius 3 is 2.24 bits per heavy atom. The van der Waals surface area contributed by atoms with Crippen LogP contribution in [0, 0.1) is 20.8 Å². The Morgan fingerprint density at radius 2 is 1.70 bits per heavy atom. The van der Waals surface area contributed by atoms with E-state index in [0.29, 0.717) is 11.4 Å². The van der Waals surface area contributed by atoms with Crippen molar-refractivity contribution >= 4 is 11.7 Å². The molecule has 0 saturated carbocycles. The second-order valence-electron chi connectivity index (χ2n) is 9.03. The first-order valence-corrected chi connectivity index (χ1v) is 11.7. The maximum absolute atomic E-state index is 12.1. The number of nitrogens with one attached hydrogen (secondary N) is 1. The van der Waals surface area contributed by atoms with Crippen LogP contribution in [0.2, 0.25) is 0 Å². The number of aromatic nitrogens is 1. The molecule has 1 aliphatic rings. The van der Waals surface area contributed by atoms with Crippen molar-refractivity contribution in [1.82, 2.24) is 9.88 Å². The molecule has 1 fully saturated rings. The molecule has 0 radical (unpaired) electrons. The third kappa shape index (κ3) is 6.28. The minimum atomic E-state index is -0.287. The number of rotatable bonds is 5. The van der Waals surface area contributed by atoms with E-state index in [1.54, 1.807) is 12.3 Å². The lowest BCUT2D eigenvalue weighted by molar-refractivity contribution is 0.0439. The molecule has 3 aromatic rings. The zero-order chi connectivity index (χ0) is 24.0. The maximum atomic E-state index is 12.1. The van der Waals surface area contributed by atoms with Crippen molar-refractivity contribution in [2.45, 2.75) is 53.1 Å². The Bertz CT molecular complexity index is 1070. The third-order valence-electron chi connectivity index (χ3n) is 6.25. The van der Waals surface area contributed by atoms with Crippen LogP contribution in [-0.2, 0) is 12.1 Å². The highest BCUT2D eigenvalue weighted by molar-refractivity contribution is 6.04. The van der Waals surface area contributed by atoms with Crippen LogP contribution in [0.4, 0.5) is 5.82 Å². The molecule has 1 atom stereocenters. The summed E-state index contributed by atoms with van der Waals surface area (Å²) in [5.41, 5.74) is 12.5. The average molecular weight is 445 g/mol. The lowest BCUT2D eigenvalue weighted by Crippen LogP contribution is -2.56. The van der Waals surface area contributed by atoms with Crippen LogP contribution in [0.15, 0.2) is 60.8 Å². The topological polar surface area (TPSA) is 71.2 Å². The number of aryl methyl sites for hydroxylation is 4. The summed E-state index contributed by atoms with van der Waals surface area (Å²) >= 11 is 0. The van der Waals surface area contributed by atoms with Gasteiger partial charge in [0, 0.05) is 24.8 Å². The normalized spacial score (nSPS) is 15.0. The van der Waals surface area contributed by atoms with E-state index in [1.165, 1.54) is 17.5 Å². The van der Waals surface area contributed by atoms with Crippen molar-refractivity contribution < 1.29 is 4.79 Å². The monoisotopic (exact) mass is 444 g/mol. The number of anilines is 1. The van der Waals surface area contributed by atoms with Crippen LogP contribution >= 0.6 is 0 Å². The van der Waals surface area contributed by atoms with Gasteiger partial charge in [0.1, 0.15) is 5.82 Å². The van der Waals surface area contributed by atoms with Gasteiger partial charge >= 0.3 is 0 Å². The van der Waals surface area contributed by atoms with Crippen LogP contribution in [0.5, 0.6) is 0 Å². The summed E-state index contributed by atoms with van der Waals surface area (Å²) in [4.78, 5) is 18.6. The van der Waals surface area contributed by atoms with Gasteiger partial charge in [-0.2, -0.15) is 0 Å². The van der Waals surface area contributed by atoms with Crippen LogP contribution in [0.3, 0.4) is 0 Å². The zero-order valence-corrected chi connectivity index (χ0v) is 20.5. The van der Waals surface area contributed by atoms with Crippen molar-refractivity contribution in [2.75, 3.05) is 18.4 Å². The molecule has 174 valence electrons. The highest BCUT2D eigenvalue weighted by atomic mass is 16.1.